The van der Waals surface area contributed by atoms with Crippen molar-refractivity contribution < 1.29 is 9.59 Å². The number of hydrogen-bond donors (Lipinski definition) is 0. The zero-order valence-corrected chi connectivity index (χ0v) is 17.8. The molecule has 2 aromatic carbocycles. The monoisotopic (exact) mass is 405 g/mol. The molecule has 0 saturated carbocycles. The lowest BCUT2D eigenvalue weighted by atomic mass is 10.1. The molecule has 5 heteroatoms. The predicted molar refractivity (Wildman–Crippen MR) is 119 cm³/mol. The first-order chi connectivity index (χ1) is 14.6. The van der Waals surface area contributed by atoms with Gasteiger partial charge in [0.15, 0.2) is 0 Å². The van der Waals surface area contributed by atoms with Gasteiger partial charge in [-0.1, -0.05) is 30.3 Å². The van der Waals surface area contributed by atoms with Gasteiger partial charge >= 0.3 is 0 Å². The maximum absolute atomic E-state index is 13.0. The Morgan fingerprint density at radius 1 is 0.933 bits per heavy atom. The van der Waals surface area contributed by atoms with Crippen LogP contribution in [-0.4, -0.2) is 48.3 Å². The normalized spacial score (nSPS) is 16.8. The lowest BCUT2D eigenvalue weighted by Gasteiger charge is -2.31. The van der Waals surface area contributed by atoms with Crippen LogP contribution in [-0.2, 0) is 17.9 Å². The van der Waals surface area contributed by atoms with Crippen molar-refractivity contribution in [2.45, 2.75) is 45.2 Å². The van der Waals surface area contributed by atoms with Crippen LogP contribution in [0, 0.1) is 0 Å². The molecule has 0 radical (unpaired) electrons. The third kappa shape index (κ3) is 4.66. The van der Waals surface area contributed by atoms with Crippen molar-refractivity contribution in [2.24, 2.45) is 0 Å². The van der Waals surface area contributed by atoms with Crippen molar-refractivity contribution in [1.29, 1.82) is 0 Å². The number of carbonyl (C=O) groups excluding carboxylic acids is 2. The number of likely N-dealkylation sites (tertiary alicyclic amines) is 1. The highest BCUT2D eigenvalue weighted by Crippen LogP contribution is 2.25. The molecule has 2 heterocycles. The van der Waals surface area contributed by atoms with Gasteiger partial charge in [-0.2, -0.15) is 0 Å². The second kappa shape index (κ2) is 9.33. The van der Waals surface area contributed by atoms with Gasteiger partial charge in [0.2, 0.25) is 5.91 Å². The van der Waals surface area contributed by atoms with Crippen LogP contribution in [0.4, 0.5) is 5.69 Å². The molecule has 0 atom stereocenters. The van der Waals surface area contributed by atoms with E-state index in [1.54, 1.807) is 4.90 Å². The van der Waals surface area contributed by atoms with E-state index in [2.05, 4.69) is 29.2 Å². The largest absolute Gasteiger partial charge is 0.371 e. The van der Waals surface area contributed by atoms with E-state index in [1.807, 2.05) is 36.2 Å². The summed E-state index contributed by atoms with van der Waals surface area (Å²) in [6.45, 7) is 4.24. The van der Waals surface area contributed by atoms with Gasteiger partial charge in [0.05, 0.1) is 0 Å². The third-order valence-corrected chi connectivity index (χ3v) is 6.19. The van der Waals surface area contributed by atoms with Crippen molar-refractivity contribution in [2.75, 3.05) is 31.6 Å². The fourth-order valence-corrected chi connectivity index (χ4v) is 4.48. The molecule has 2 aromatic rings. The molecule has 2 amide bonds. The lowest BCUT2D eigenvalue weighted by Crippen LogP contribution is -2.32. The number of nitrogens with zero attached hydrogens (tertiary/aromatic N) is 3. The number of benzene rings is 2. The molecule has 2 aliphatic heterocycles. The average Bonchev–Trinajstić information content (AvgIpc) is 3.19. The molecule has 2 aliphatic rings. The fourth-order valence-electron chi connectivity index (χ4n) is 4.48. The van der Waals surface area contributed by atoms with Crippen LogP contribution in [0.1, 0.15) is 53.6 Å². The van der Waals surface area contributed by atoms with E-state index >= 15 is 0 Å². The molecule has 2 saturated heterocycles. The summed E-state index contributed by atoms with van der Waals surface area (Å²) in [5.41, 5.74) is 4.20. The van der Waals surface area contributed by atoms with Gasteiger partial charge in [0.1, 0.15) is 0 Å². The van der Waals surface area contributed by atoms with Crippen molar-refractivity contribution in [3.8, 4) is 0 Å². The number of hydrogen-bond acceptors (Lipinski definition) is 3. The summed E-state index contributed by atoms with van der Waals surface area (Å²) in [5, 5.41) is 0. The molecule has 0 spiro atoms. The molecular weight excluding hydrogens is 374 g/mol. The standard InChI is InChI=1S/C25H31N3O2/c1-26(19-22-8-3-4-9-23(22)27-15-5-2-6-16-27)25(30)21-13-11-20(12-14-21)18-28-17-7-10-24(28)29/h3-4,8-9,11-14H,2,5-7,10,15-19H2,1H3. The second-order valence-electron chi connectivity index (χ2n) is 8.45. The summed E-state index contributed by atoms with van der Waals surface area (Å²) in [6.07, 6.45) is 5.37. The van der Waals surface area contributed by atoms with Gasteiger partial charge in [0, 0.05) is 57.4 Å². The fraction of sp³-hybridized carbons (Fsp3) is 0.440. The lowest BCUT2D eigenvalue weighted by molar-refractivity contribution is -0.128. The SMILES string of the molecule is CN(Cc1ccccc1N1CCCCC1)C(=O)c1ccc(CN2CCCC2=O)cc1. The highest BCUT2D eigenvalue weighted by molar-refractivity contribution is 5.94. The maximum atomic E-state index is 13.0. The second-order valence-corrected chi connectivity index (χ2v) is 8.45. The summed E-state index contributed by atoms with van der Waals surface area (Å²) >= 11 is 0. The minimum absolute atomic E-state index is 0.0206. The topological polar surface area (TPSA) is 43.9 Å². The number of piperidine rings is 1. The first kappa shape index (κ1) is 20.5. The summed E-state index contributed by atoms with van der Waals surface area (Å²) in [6, 6.07) is 16.1. The molecular formula is C25H31N3O2. The van der Waals surface area contributed by atoms with E-state index in [9.17, 15) is 9.59 Å². The number of carbonyl (C=O) groups is 2. The molecule has 5 nitrogen and oxygen atoms in total. The third-order valence-electron chi connectivity index (χ3n) is 6.19. The maximum Gasteiger partial charge on any atom is 0.253 e. The van der Waals surface area contributed by atoms with Gasteiger partial charge < -0.3 is 14.7 Å². The minimum atomic E-state index is 0.0206. The number of para-hydroxylation sites is 1. The summed E-state index contributed by atoms with van der Waals surface area (Å²) < 4.78 is 0. The van der Waals surface area contributed by atoms with Crippen molar-refractivity contribution in [1.82, 2.24) is 9.80 Å². The van der Waals surface area contributed by atoms with Crippen molar-refractivity contribution in [3.63, 3.8) is 0 Å². The molecule has 2 fully saturated rings. The van der Waals surface area contributed by atoms with Crippen LogP contribution in [0.2, 0.25) is 0 Å². The molecule has 0 unspecified atom stereocenters. The molecule has 0 N–H and O–H groups in total. The van der Waals surface area contributed by atoms with Crippen LogP contribution in [0.5, 0.6) is 0 Å². The molecule has 4 rings (SSSR count). The molecule has 0 aliphatic carbocycles. The quantitative estimate of drug-likeness (QED) is 0.728. The van der Waals surface area contributed by atoms with Crippen molar-refractivity contribution in [3.05, 3.63) is 65.2 Å². The number of rotatable bonds is 6. The van der Waals surface area contributed by atoms with E-state index in [1.165, 1.54) is 30.5 Å². The van der Waals surface area contributed by atoms with Gasteiger partial charge in [-0.15, -0.1) is 0 Å². The van der Waals surface area contributed by atoms with Gasteiger partial charge in [-0.05, 0) is 55.0 Å². The Hall–Kier alpha value is -2.82. The Bertz CT molecular complexity index is 888. The predicted octanol–water partition coefficient (Wildman–Crippen LogP) is 4.07. The van der Waals surface area contributed by atoms with Crippen LogP contribution >= 0.6 is 0 Å². The number of amides is 2. The van der Waals surface area contributed by atoms with Gasteiger partial charge in [-0.3, -0.25) is 9.59 Å². The van der Waals surface area contributed by atoms with Gasteiger partial charge in [-0.25, -0.2) is 0 Å². The van der Waals surface area contributed by atoms with Gasteiger partial charge in [0.25, 0.3) is 5.91 Å². The zero-order valence-electron chi connectivity index (χ0n) is 17.8. The molecule has 30 heavy (non-hydrogen) atoms. The Morgan fingerprint density at radius 3 is 2.37 bits per heavy atom. The Kier molecular flexibility index (Phi) is 6.36. The van der Waals surface area contributed by atoms with E-state index in [-0.39, 0.29) is 11.8 Å². The minimum Gasteiger partial charge on any atom is -0.371 e. The van der Waals surface area contributed by atoms with Crippen LogP contribution in [0.3, 0.4) is 0 Å². The van der Waals surface area contributed by atoms with E-state index in [0.29, 0.717) is 25.1 Å². The van der Waals surface area contributed by atoms with E-state index in [4.69, 9.17) is 0 Å². The highest BCUT2D eigenvalue weighted by Gasteiger charge is 2.21. The Balaban J connectivity index is 1.41. The highest BCUT2D eigenvalue weighted by atomic mass is 16.2. The first-order valence-electron chi connectivity index (χ1n) is 11.1. The van der Waals surface area contributed by atoms with Crippen LogP contribution in [0.15, 0.2) is 48.5 Å². The summed E-state index contributed by atoms with van der Waals surface area (Å²) in [5.74, 6) is 0.245. The van der Waals surface area contributed by atoms with Crippen LogP contribution < -0.4 is 4.90 Å². The van der Waals surface area contributed by atoms with E-state index in [0.717, 1.165) is 31.6 Å². The zero-order chi connectivity index (χ0) is 20.9. The number of anilines is 1. The van der Waals surface area contributed by atoms with Crippen molar-refractivity contribution >= 4 is 17.5 Å². The summed E-state index contributed by atoms with van der Waals surface area (Å²) in [7, 11) is 1.87. The molecule has 158 valence electrons. The smallest absolute Gasteiger partial charge is 0.253 e. The average molecular weight is 406 g/mol. The Morgan fingerprint density at radius 2 is 1.67 bits per heavy atom. The summed E-state index contributed by atoms with van der Waals surface area (Å²) in [4.78, 5) is 30.9. The van der Waals surface area contributed by atoms with E-state index < -0.39 is 0 Å². The first-order valence-corrected chi connectivity index (χ1v) is 11.1. The van der Waals surface area contributed by atoms with Crippen LogP contribution in [0.25, 0.3) is 0 Å². The Labute approximate surface area is 179 Å². The molecule has 0 bridgehead atoms. The molecule has 0 aromatic heterocycles.